The summed E-state index contributed by atoms with van der Waals surface area (Å²) in [6, 6.07) is 6.73. The van der Waals surface area contributed by atoms with Crippen LogP contribution in [-0.2, 0) is 14.3 Å². The first-order valence-corrected chi connectivity index (χ1v) is 9.30. The Labute approximate surface area is 159 Å². The Balaban J connectivity index is 1.83. The molecule has 2 aliphatic rings. The molecule has 1 amide bonds. The van der Waals surface area contributed by atoms with E-state index in [1.807, 2.05) is 31.2 Å². The third kappa shape index (κ3) is 4.14. The lowest BCUT2D eigenvalue weighted by Crippen LogP contribution is -2.43. The minimum Gasteiger partial charge on any atom is -0.503 e. The molecule has 7 heteroatoms. The molecule has 1 saturated heterocycles. The zero-order valence-electron chi connectivity index (χ0n) is 15.8. The lowest BCUT2D eigenvalue weighted by molar-refractivity contribution is -0.129. The van der Waals surface area contributed by atoms with Gasteiger partial charge in [0, 0.05) is 26.2 Å². The number of carbonyl (C=O) groups excluding carboxylic acids is 2. The highest BCUT2D eigenvalue weighted by Crippen LogP contribution is 2.38. The van der Waals surface area contributed by atoms with Crippen LogP contribution >= 0.6 is 0 Å². The van der Waals surface area contributed by atoms with Crippen molar-refractivity contribution in [3.8, 4) is 5.75 Å². The second kappa shape index (κ2) is 8.54. The summed E-state index contributed by atoms with van der Waals surface area (Å²) in [6.45, 7) is 7.93. The second-order valence-electron chi connectivity index (χ2n) is 6.68. The molecule has 2 heterocycles. The van der Waals surface area contributed by atoms with Crippen LogP contribution in [-0.4, -0.2) is 72.6 Å². The number of carbonyl (C=O) groups is 2. The molecule has 1 fully saturated rings. The Bertz CT molecular complexity index is 722. The standard InChI is InChI=1S/C20H26N2O5/c1-3-27-16-6-4-15(5-7-16)18-17(14(2)23)19(24)20(25)22(18)9-8-21-10-12-26-13-11-21/h4-7,18,24H,3,8-13H2,1-2H3/t18-/m1/s1. The number of nitrogens with zero attached hydrogens (tertiary/aromatic N) is 2. The summed E-state index contributed by atoms with van der Waals surface area (Å²) in [7, 11) is 0. The summed E-state index contributed by atoms with van der Waals surface area (Å²) in [5.41, 5.74) is 0.939. The van der Waals surface area contributed by atoms with E-state index < -0.39 is 17.7 Å². The van der Waals surface area contributed by atoms with Crippen LogP contribution < -0.4 is 4.74 Å². The van der Waals surface area contributed by atoms with Gasteiger partial charge < -0.3 is 19.5 Å². The summed E-state index contributed by atoms with van der Waals surface area (Å²) in [5.74, 6) is -0.507. The van der Waals surface area contributed by atoms with Crippen molar-refractivity contribution in [1.82, 2.24) is 9.80 Å². The predicted molar refractivity (Wildman–Crippen MR) is 99.7 cm³/mol. The van der Waals surface area contributed by atoms with Gasteiger partial charge in [0.25, 0.3) is 5.91 Å². The van der Waals surface area contributed by atoms with Gasteiger partial charge in [-0.25, -0.2) is 0 Å². The van der Waals surface area contributed by atoms with Crippen LogP contribution in [0.2, 0.25) is 0 Å². The normalized spacial score (nSPS) is 21.0. The summed E-state index contributed by atoms with van der Waals surface area (Å²) < 4.78 is 10.8. The van der Waals surface area contributed by atoms with E-state index in [2.05, 4.69) is 4.90 Å². The van der Waals surface area contributed by atoms with Gasteiger partial charge in [0.2, 0.25) is 0 Å². The quantitative estimate of drug-likeness (QED) is 0.783. The van der Waals surface area contributed by atoms with Gasteiger partial charge in [0.05, 0.1) is 31.4 Å². The molecule has 0 aromatic heterocycles. The molecular formula is C20H26N2O5. The number of rotatable bonds is 7. The highest BCUT2D eigenvalue weighted by Gasteiger charge is 2.42. The first kappa shape index (κ1) is 19.4. The van der Waals surface area contributed by atoms with Gasteiger partial charge in [-0.3, -0.25) is 14.5 Å². The van der Waals surface area contributed by atoms with E-state index in [1.54, 1.807) is 4.90 Å². The third-order valence-corrected chi connectivity index (χ3v) is 4.95. The lowest BCUT2D eigenvalue weighted by Gasteiger charge is -2.31. The average molecular weight is 374 g/mol. The first-order valence-electron chi connectivity index (χ1n) is 9.30. The Kier molecular flexibility index (Phi) is 6.13. The first-order chi connectivity index (χ1) is 13.0. The van der Waals surface area contributed by atoms with E-state index in [0.717, 1.165) is 24.4 Å². The van der Waals surface area contributed by atoms with Crippen LogP contribution in [0.5, 0.6) is 5.75 Å². The molecule has 0 spiro atoms. The minimum atomic E-state index is -0.577. The molecule has 0 radical (unpaired) electrons. The predicted octanol–water partition coefficient (Wildman–Crippen LogP) is 1.70. The van der Waals surface area contributed by atoms with E-state index in [-0.39, 0.29) is 11.4 Å². The molecule has 0 aliphatic carbocycles. The number of hydrogen-bond donors (Lipinski definition) is 1. The van der Waals surface area contributed by atoms with Gasteiger partial charge in [-0.2, -0.15) is 0 Å². The highest BCUT2D eigenvalue weighted by atomic mass is 16.5. The molecule has 1 atom stereocenters. The molecule has 0 bridgehead atoms. The molecule has 1 aromatic carbocycles. The molecule has 3 rings (SSSR count). The number of ketones is 1. The van der Waals surface area contributed by atoms with Crippen LogP contribution in [0.4, 0.5) is 0 Å². The van der Waals surface area contributed by atoms with E-state index >= 15 is 0 Å². The van der Waals surface area contributed by atoms with E-state index in [0.29, 0.717) is 32.9 Å². The fourth-order valence-electron chi connectivity index (χ4n) is 3.58. The maximum Gasteiger partial charge on any atom is 0.290 e. The van der Waals surface area contributed by atoms with Crippen LogP contribution in [0, 0.1) is 0 Å². The largest absolute Gasteiger partial charge is 0.503 e. The van der Waals surface area contributed by atoms with Gasteiger partial charge in [-0.1, -0.05) is 12.1 Å². The number of morpholine rings is 1. The molecule has 0 unspecified atom stereocenters. The van der Waals surface area contributed by atoms with Crippen molar-refractivity contribution >= 4 is 11.7 Å². The lowest BCUT2D eigenvalue weighted by atomic mass is 9.96. The second-order valence-corrected chi connectivity index (χ2v) is 6.68. The van der Waals surface area contributed by atoms with Gasteiger partial charge in [-0.15, -0.1) is 0 Å². The average Bonchev–Trinajstić information content (AvgIpc) is 2.93. The van der Waals surface area contributed by atoms with Crippen molar-refractivity contribution < 1.29 is 24.2 Å². The Morgan fingerprint density at radius 3 is 2.48 bits per heavy atom. The smallest absolute Gasteiger partial charge is 0.290 e. The summed E-state index contributed by atoms with van der Waals surface area (Å²) >= 11 is 0. The minimum absolute atomic E-state index is 0.158. The van der Waals surface area contributed by atoms with Gasteiger partial charge in [0.15, 0.2) is 11.5 Å². The molecule has 27 heavy (non-hydrogen) atoms. The molecular weight excluding hydrogens is 348 g/mol. The van der Waals surface area contributed by atoms with E-state index in [1.165, 1.54) is 6.92 Å². The number of aliphatic hydroxyl groups excluding tert-OH is 1. The van der Waals surface area contributed by atoms with Gasteiger partial charge in [-0.05, 0) is 31.5 Å². The molecule has 1 N–H and O–H groups in total. The van der Waals surface area contributed by atoms with Crippen LogP contribution in [0.15, 0.2) is 35.6 Å². The van der Waals surface area contributed by atoms with Crippen LogP contribution in [0.1, 0.15) is 25.5 Å². The molecule has 1 aromatic rings. The fourth-order valence-corrected chi connectivity index (χ4v) is 3.58. The van der Waals surface area contributed by atoms with Crippen molar-refractivity contribution in [2.75, 3.05) is 46.0 Å². The van der Waals surface area contributed by atoms with E-state index in [4.69, 9.17) is 9.47 Å². The summed E-state index contributed by atoms with van der Waals surface area (Å²) in [5, 5.41) is 10.3. The topological polar surface area (TPSA) is 79.3 Å². The highest BCUT2D eigenvalue weighted by molar-refractivity contribution is 6.08. The number of amides is 1. The van der Waals surface area contributed by atoms with Crippen molar-refractivity contribution in [1.29, 1.82) is 0 Å². The van der Waals surface area contributed by atoms with Crippen molar-refractivity contribution in [2.45, 2.75) is 19.9 Å². The third-order valence-electron chi connectivity index (χ3n) is 4.95. The SMILES string of the molecule is CCOc1ccc([C@@H]2C(C(C)=O)=C(O)C(=O)N2CCN2CCOCC2)cc1. The molecule has 146 valence electrons. The van der Waals surface area contributed by atoms with Crippen molar-refractivity contribution in [2.24, 2.45) is 0 Å². The van der Waals surface area contributed by atoms with Gasteiger partial charge >= 0.3 is 0 Å². The zero-order valence-corrected chi connectivity index (χ0v) is 15.8. The zero-order chi connectivity index (χ0) is 19.4. The van der Waals surface area contributed by atoms with Gasteiger partial charge in [0.1, 0.15) is 5.75 Å². The van der Waals surface area contributed by atoms with E-state index in [9.17, 15) is 14.7 Å². The monoisotopic (exact) mass is 374 g/mol. The molecule has 0 saturated carbocycles. The fraction of sp³-hybridized carbons (Fsp3) is 0.500. The number of hydrogen-bond acceptors (Lipinski definition) is 6. The molecule has 2 aliphatic heterocycles. The summed E-state index contributed by atoms with van der Waals surface area (Å²) in [4.78, 5) is 28.6. The number of ether oxygens (including phenoxy) is 2. The molecule has 7 nitrogen and oxygen atoms in total. The number of Topliss-reactive ketones (excluding diaryl/α,β-unsaturated/α-hetero) is 1. The van der Waals surface area contributed by atoms with Crippen LogP contribution in [0.25, 0.3) is 0 Å². The maximum absolute atomic E-state index is 12.6. The number of benzene rings is 1. The van der Waals surface area contributed by atoms with Crippen molar-refractivity contribution in [3.63, 3.8) is 0 Å². The Morgan fingerprint density at radius 1 is 1.22 bits per heavy atom. The van der Waals surface area contributed by atoms with Crippen molar-refractivity contribution in [3.05, 3.63) is 41.2 Å². The Hall–Kier alpha value is -2.38. The summed E-state index contributed by atoms with van der Waals surface area (Å²) in [6.07, 6.45) is 0. The Morgan fingerprint density at radius 2 is 1.89 bits per heavy atom. The number of aliphatic hydroxyl groups is 1. The van der Waals surface area contributed by atoms with Crippen LogP contribution in [0.3, 0.4) is 0 Å². The maximum atomic E-state index is 12.6.